The van der Waals surface area contributed by atoms with Crippen LogP contribution in [0.2, 0.25) is 0 Å². The van der Waals surface area contributed by atoms with Crippen molar-refractivity contribution in [2.75, 3.05) is 5.32 Å². The first-order chi connectivity index (χ1) is 12.8. The van der Waals surface area contributed by atoms with Crippen LogP contribution in [0.25, 0.3) is 11.4 Å². The van der Waals surface area contributed by atoms with E-state index < -0.39 is 17.8 Å². The van der Waals surface area contributed by atoms with Crippen molar-refractivity contribution in [1.82, 2.24) is 20.2 Å². The highest BCUT2D eigenvalue weighted by Crippen LogP contribution is 2.32. The van der Waals surface area contributed by atoms with Gasteiger partial charge in [-0.15, -0.1) is 10.2 Å². The normalized spacial score (nSPS) is 14.0. The Morgan fingerprint density at radius 1 is 1.04 bits per heavy atom. The summed E-state index contributed by atoms with van der Waals surface area (Å²) >= 11 is 0. The number of benzene rings is 2. The Labute approximate surface area is 153 Å². The van der Waals surface area contributed by atoms with Crippen molar-refractivity contribution in [2.24, 2.45) is 0 Å². The molecule has 0 fully saturated rings. The largest absolute Gasteiger partial charge is 0.416 e. The summed E-state index contributed by atoms with van der Waals surface area (Å²) in [5, 5.41) is 25.0. The summed E-state index contributed by atoms with van der Waals surface area (Å²) in [6.07, 6.45) is -5.02. The fourth-order valence-corrected chi connectivity index (χ4v) is 2.38. The van der Waals surface area contributed by atoms with Crippen LogP contribution in [0, 0.1) is 0 Å². The maximum absolute atomic E-state index is 12.7. The van der Waals surface area contributed by atoms with Crippen LogP contribution in [0.1, 0.15) is 25.5 Å². The zero-order valence-electron chi connectivity index (χ0n) is 14.6. The third kappa shape index (κ3) is 4.25. The molecular weight excluding hydrogens is 359 g/mol. The number of rotatable bonds is 5. The van der Waals surface area contributed by atoms with Gasteiger partial charge in [-0.25, -0.2) is 0 Å². The summed E-state index contributed by atoms with van der Waals surface area (Å²) in [5.74, 6) is 0.345. The third-order valence-electron chi connectivity index (χ3n) is 4.15. The van der Waals surface area contributed by atoms with Gasteiger partial charge < -0.3 is 10.4 Å². The first-order valence-corrected chi connectivity index (χ1v) is 8.27. The minimum atomic E-state index is -4.38. The fraction of sp³-hybridized carbons (Fsp3) is 0.278. The maximum atomic E-state index is 12.7. The fourth-order valence-electron chi connectivity index (χ4n) is 2.38. The third-order valence-corrected chi connectivity index (χ3v) is 4.15. The van der Waals surface area contributed by atoms with Crippen molar-refractivity contribution in [3.63, 3.8) is 0 Å². The number of para-hydroxylation sites is 1. The number of aliphatic hydroxyl groups is 1. The molecule has 3 rings (SSSR count). The highest BCUT2D eigenvalue weighted by molar-refractivity contribution is 5.77. The monoisotopic (exact) mass is 377 g/mol. The van der Waals surface area contributed by atoms with Crippen molar-refractivity contribution in [1.29, 1.82) is 0 Å². The minimum Gasteiger partial charge on any atom is -0.391 e. The van der Waals surface area contributed by atoms with Crippen LogP contribution in [-0.4, -0.2) is 31.4 Å². The van der Waals surface area contributed by atoms with Gasteiger partial charge in [-0.2, -0.15) is 18.0 Å². The highest BCUT2D eigenvalue weighted by Gasteiger charge is 2.30. The molecule has 0 bridgehead atoms. The smallest absolute Gasteiger partial charge is 0.391 e. The molecular formula is C18H18F3N5O. The van der Waals surface area contributed by atoms with Crippen LogP contribution in [0.5, 0.6) is 0 Å². The van der Waals surface area contributed by atoms with Gasteiger partial charge in [0.1, 0.15) is 0 Å². The Bertz CT molecular complexity index is 906. The molecule has 1 unspecified atom stereocenters. The minimum absolute atomic E-state index is 0.345. The van der Waals surface area contributed by atoms with Gasteiger partial charge in [0.15, 0.2) is 0 Å². The molecule has 2 N–H and O–H groups in total. The summed E-state index contributed by atoms with van der Waals surface area (Å²) in [5.41, 5.74) is 1.06. The molecule has 1 aromatic heterocycles. The molecule has 0 spiro atoms. The van der Waals surface area contributed by atoms with Crippen molar-refractivity contribution in [3.8, 4) is 11.4 Å². The molecule has 9 heteroatoms. The molecule has 0 radical (unpaired) electrons. The Morgan fingerprint density at radius 2 is 1.70 bits per heavy atom. The number of alkyl halides is 3. The Balaban J connectivity index is 1.87. The Kier molecular flexibility index (Phi) is 5.13. The lowest BCUT2D eigenvalue weighted by molar-refractivity contribution is -0.137. The molecule has 142 valence electrons. The van der Waals surface area contributed by atoms with Gasteiger partial charge in [-0.05, 0) is 55.5 Å². The van der Waals surface area contributed by atoms with Crippen LogP contribution in [-0.2, 0) is 6.18 Å². The lowest BCUT2D eigenvalue weighted by Crippen LogP contribution is -2.20. The SMILES string of the molecule is CC([C@H](C)O)n1nnc(-c2ccccc2Nc2ccc(C(F)(F)F)cc2)n1. The molecule has 0 aliphatic rings. The van der Waals surface area contributed by atoms with Gasteiger partial charge in [-0.3, -0.25) is 0 Å². The van der Waals surface area contributed by atoms with Crippen LogP contribution in [0.15, 0.2) is 48.5 Å². The van der Waals surface area contributed by atoms with E-state index in [-0.39, 0.29) is 6.04 Å². The predicted octanol–water partition coefficient (Wildman–Crippen LogP) is 4.04. The van der Waals surface area contributed by atoms with E-state index in [4.69, 9.17) is 0 Å². The molecule has 0 saturated carbocycles. The number of aliphatic hydroxyl groups excluding tert-OH is 1. The molecule has 0 aliphatic heterocycles. The zero-order valence-corrected chi connectivity index (χ0v) is 14.6. The number of hydrogen-bond donors (Lipinski definition) is 2. The molecule has 0 saturated heterocycles. The van der Waals surface area contributed by atoms with Gasteiger partial charge in [0.2, 0.25) is 5.82 Å². The second-order valence-corrected chi connectivity index (χ2v) is 6.16. The van der Waals surface area contributed by atoms with Crippen molar-refractivity contribution >= 4 is 11.4 Å². The highest BCUT2D eigenvalue weighted by atomic mass is 19.4. The second-order valence-electron chi connectivity index (χ2n) is 6.16. The van der Waals surface area contributed by atoms with E-state index in [0.717, 1.165) is 12.1 Å². The van der Waals surface area contributed by atoms with Gasteiger partial charge in [0.25, 0.3) is 0 Å². The summed E-state index contributed by atoms with van der Waals surface area (Å²) in [4.78, 5) is 1.33. The quantitative estimate of drug-likeness (QED) is 0.702. The summed E-state index contributed by atoms with van der Waals surface area (Å²) in [6.45, 7) is 3.40. The molecule has 2 aromatic carbocycles. The molecule has 0 amide bonds. The first kappa shape index (κ1) is 18.8. The van der Waals surface area contributed by atoms with E-state index in [1.54, 1.807) is 38.1 Å². The summed E-state index contributed by atoms with van der Waals surface area (Å²) in [6, 6.07) is 11.5. The molecule has 27 heavy (non-hydrogen) atoms. The van der Waals surface area contributed by atoms with Gasteiger partial charge >= 0.3 is 6.18 Å². The van der Waals surface area contributed by atoms with Crippen LogP contribution >= 0.6 is 0 Å². The van der Waals surface area contributed by atoms with Crippen molar-refractivity contribution in [3.05, 3.63) is 54.1 Å². The standard InChI is InChI=1S/C18H18F3N5O/c1-11(12(2)27)26-24-17(23-25-26)15-5-3-4-6-16(15)22-14-9-7-13(8-10-14)18(19,20)21/h3-12,22,27H,1-2H3/t11?,12-/m0/s1. The lowest BCUT2D eigenvalue weighted by atomic mass is 10.1. The number of hydrogen-bond acceptors (Lipinski definition) is 5. The molecule has 3 aromatic rings. The topological polar surface area (TPSA) is 75.9 Å². The molecule has 2 atom stereocenters. The van der Waals surface area contributed by atoms with Crippen LogP contribution < -0.4 is 5.32 Å². The van der Waals surface area contributed by atoms with E-state index in [1.807, 2.05) is 0 Å². The number of nitrogens with one attached hydrogen (secondary N) is 1. The van der Waals surface area contributed by atoms with Crippen LogP contribution in [0.4, 0.5) is 24.5 Å². The van der Waals surface area contributed by atoms with E-state index in [0.29, 0.717) is 22.8 Å². The lowest BCUT2D eigenvalue weighted by Gasteiger charge is -2.12. The summed E-state index contributed by atoms with van der Waals surface area (Å²) < 4.78 is 38.1. The average molecular weight is 377 g/mol. The van der Waals surface area contributed by atoms with Gasteiger partial charge in [0.05, 0.1) is 17.7 Å². The average Bonchev–Trinajstić information content (AvgIpc) is 3.11. The number of anilines is 2. The molecule has 1 heterocycles. The van der Waals surface area contributed by atoms with E-state index >= 15 is 0 Å². The van der Waals surface area contributed by atoms with Crippen molar-refractivity contribution < 1.29 is 18.3 Å². The number of nitrogens with zero attached hydrogens (tertiary/aromatic N) is 4. The van der Waals surface area contributed by atoms with Crippen molar-refractivity contribution in [2.45, 2.75) is 32.2 Å². The Morgan fingerprint density at radius 3 is 2.33 bits per heavy atom. The number of halogens is 3. The van der Waals surface area contributed by atoms with E-state index in [2.05, 4.69) is 20.7 Å². The number of aromatic nitrogens is 4. The molecule has 0 aliphatic carbocycles. The number of tetrazole rings is 1. The first-order valence-electron chi connectivity index (χ1n) is 8.27. The van der Waals surface area contributed by atoms with Gasteiger partial charge in [0, 0.05) is 16.9 Å². The van der Waals surface area contributed by atoms with E-state index in [9.17, 15) is 18.3 Å². The molecule has 6 nitrogen and oxygen atoms in total. The predicted molar refractivity (Wildman–Crippen MR) is 94.4 cm³/mol. The van der Waals surface area contributed by atoms with Crippen LogP contribution in [0.3, 0.4) is 0 Å². The second kappa shape index (κ2) is 7.36. The zero-order chi connectivity index (χ0) is 19.6. The maximum Gasteiger partial charge on any atom is 0.416 e. The Hall–Kier alpha value is -2.94. The van der Waals surface area contributed by atoms with Gasteiger partial charge in [-0.1, -0.05) is 12.1 Å². The van der Waals surface area contributed by atoms with E-state index in [1.165, 1.54) is 16.9 Å². The summed E-state index contributed by atoms with van der Waals surface area (Å²) in [7, 11) is 0.